The van der Waals surface area contributed by atoms with Crippen LogP contribution in [0, 0.1) is 5.92 Å². The summed E-state index contributed by atoms with van der Waals surface area (Å²) in [6.07, 6.45) is 9.61. The highest BCUT2D eigenvalue weighted by molar-refractivity contribution is 5.66. The summed E-state index contributed by atoms with van der Waals surface area (Å²) in [6.45, 7) is 2.28. The quantitative estimate of drug-likeness (QED) is 0.318. The van der Waals surface area contributed by atoms with Crippen LogP contribution in [0.3, 0.4) is 0 Å². The van der Waals surface area contributed by atoms with Crippen LogP contribution in [0.25, 0.3) is 11.1 Å². The van der Waals surface area contributed by atoms with Gasteiger partial charge in [-0.1, -0.05) is 69.0 Å². The lowest BCUT2D eigenvalue weighted by atomic mass is 9.77. The van der Waals surface area contributed by atoms with Gasteiger partial charge < -0.3 is 9.84 Å². The van der Waals surface area contributed by atoms with E-state index in [1.807, 2.05) is 12.1 Å². The Labute approximate surface area is 162 Å². The van der Waals surface area contributed by atoms with E-state index in [-0.39, 0.29) is 0 Å². The molecule has 3 rings (SSSR count). The van der Waals surface area contributed by atoms with E-state index < -0.39 is 6.16 Å². The maximum absolute atomic E-state index is 10.6. The standard InChI is InChI=1S/C24H30O3/c1-2-3-4-5-18-6-8-19(9-7-18)20-10-12-21(13-11-20)22-14-16-23(17-15-22)27-24(25)26/h10-19H,2-9H2,1H3,(H,25,26). The third-order valence-electron chi connectivity index (χ3n) is 5.84. The number of ether oxygens (including phenoxy) is 1. The summed E-state index contributed by atoms with van der Waals surface area (Å²) < 4.78 is 4.66. The van der Waals surface area contributed by atoms with Crippen molar-refractivity contribution in [1.82, 2.24) is 0 Å². The average Bonchev–Trinajstić information content (AvgIpc) is 2.69. The van der Waals surface area contributed by atoms with E-state index in [0.717, 1.165) is 17.0 Å². The minimum absolute atomic E-state index is 0.346. The number of unbranched alkanes of at least 4 members (excludes halogenated alkanes) is 2. The zero-order valence-electron chi connectivity index (χ0n) is 16.2. The molecule has 3 heteroatoms. The minimum atomic E-state index is -1.29. The van der Waals surface area contributed by atoms with Crippen LogP contribution < -0.4 is 4.74 Å². The fourth-order valence-corrected chi connectivity index (χ4v) is 4.23. The van der Waals surface area contributed by atoms with E-state index in [0.29, 0.717) is 11.7 Å². The lowest BCUT2D eigenvalue weighted by molar-refractivity contribution is 0.144. The Bertz CT molecular complexity index is 710. The molecule has 1 aliphatic rings. The van der Waals surface area contributed by atoms with Gasteiger partial charge in [0.1, 0.15) is 5.75 Å². The zero-order chi connectivity index (χ0) is 19.1. The van der Waals surface area contributed by atoms with Crippen LogP contribution in [-0.4, -0.2) is 11.3 Å². The van der Waals surface area contributed by atoms with Gasteiger partial charge in [-0.15, -0.1) is 0 Å². The third-order valence-corrected chi connectivity index (χ3v) is 5.84. The van der Waals surface area contributed by atoms with E-state index in [2.05, 4.69) is 35.9 Å². The molecule has 0 heterocycles. The largest absolute Gasteiger partial charge is 0.511 e. The molecule has 2 aromatic rings. The van der Waals surface area contributed by atoms with Gasteiger partial charge in [0.2, 0.25) is 0 Å². The number of rotatable bonds is 7. The number of hydrogen-bond donors (Lipinski definition) is 1. The molecule has 0 atom stereocenters. The molecule has 27 heavy (non-hydrogen) atoms. The Hall–Kier alpha value is -2.29. The van der Waals surface area contributed by atoms with Gasteiger partial charge in [-0.2, -0.15) is 0 Å². The number of benzene rings is 2. The van der Waals surface area contributed by atoms with E-state index in [1.165, 1.54) is 56.9 Å². The molecule has 144 valence electrons. The second-order valence-electron chi connectivity index (χ2n) is 7.73. The highest BCUT2D eigenvalue weighted by Gasteiger charge is 2.22. The van der Waals surface area contributed by atoms with Crippen LogP contribution in [-0.2, 0) is 0 Å². The maximum Gasteiger partial charge on any atom is 0.511 e. The lowest BCUT2D eigenvalue weighted by Gasteiger charge is -2.29. The first-order valence-electron chi connectivity index (χ1n) is 10.3. The first-order chi connectivity index (χ1) is 13.2. The molecule has 0 bridgehead atoms. The molecule has 0 spiro atoms. The monoisotopic (exact) mass is 366 g/mol. The fraction of sp³-hybridized carbons (Fsp3) is 0.458. The summed E-state index contributed by atoms with van der Waals surface area (Å²) in [7, 11) is 0. The molecule has 3 nitrogen and oxygen atoms in total. The van der Waals surface area contributed by atoms with Crippen molar-refractivity contribution in [3.05, 3.63) is 54.1 Å². The number of carbonyl (C=O) groups is 1. The van der Waals surface area contributed by atoms with Crippen molar-refractivity contribution in [2.24, 2.45) is 5.92 Å². The Morgan fingerprint density at radius 2 is 1.52 bits per heavy atom. The summed E-state index contributed by atoms with van der Waals surface area (Å²) in [5, 5.41) is 8.66. The van der Waals surface area contributed by atoms with Gasteiger partial charge >= 0.3 is 6.16 Å². The van der Waals surface area contributed by atoms with Gasteiger partial charge in [0.15, 0.2) is 0 Å². The molecule has 0 unspecified atom stereocenters. The minimum Gasteiger partial charge on any atom is -0.449 e. The van der Waals surface area contributed by atoms with E-state index >= 15 is 0 Å². The normalized spacial score (nSPS) is 19.6. The summed E-state index contributed by atoms with van der Waals surface area (Å²) in [5.41, 5.74) is 3.67. The molecule has 0 amide bonds. The van der Waals surface area contributed by atoms with Gasteiger partial charge in [-0.3, -0.25) is 0 Å². The fourth-order valence-electron chi connectivity index (χ4n) is 4.23. The Kier molecular flexibility index (Phi) is 6.92. The van der Waals surface area contributed by atoms with Crippen molar-refractivity contribution in [2.45, 2.75) is 64.2 Å². The first-order valence-corrected chi connectivity index (χ1v) is 10.3. The van der Waals surface area contributed by atoms with Crippen molar-refractivity contribution in [3.8, 4) is 16.9 Å². The summed E-state index contributed by atoms with van der Waals surface area (Å²) >= 11 is 0. The zero-order valence-corrected chi connectivity index (χ0v) is 16.2. The second-order valence-corrected chi connectivity index (χ2v) is 7.73. The predicted octanol–water partition coefficient (Wildman–Crippen LogP) is 7.26. The lowest BCUT2D eigenvalue weighted by Crippen LogP contribution is -2.13. The van der Waals surface area contributed by atoms with Gasteiger partial charge in [0, 0.05) is 0 Å². The molecule has 1 N–H and O–H groups in total. The van der Waals surface area contributed by atoms with Gasteiger partial charge in [-0.05, 0) is 66.3 Å². The predicted molar refractivity (Wildman–Crippen MR) is 109 cm³/mol. The molecule has 1 fully saturated rings. The molecule has 0 aromatic heterocycles. The molecule has 1 saturated carbocycles. The molecular formula is C24H30O3. The highest BCUT2D eigenvalue weighted by Crippen LogP contribution is 2.38. The number of hydrogen-bond acceptors (Lipinski definition) is 2. The van der Waals surface area contributed by atoms with Gasteiger partial charge in [0.25, 0.3) is 0 Å². The Balaban J connectivity index is 1.55. The van der Waals surface area contributed by atoms with E-state index in [9.17, 15) is 4.79 Å². The van der Waals surface area contributed by atoms with Crippen molar-refractivity contribution in [3.63, 3.8) is 0 Å². The smallest absolute Gasteiger partial charge is 0.449 e. The van der Waals surface area contributed by atoms with Crippen LogP contribution in [0.4, 0.5) is 4.79 Å². The molecule has 2 aromatic carbocycles. The molecule has 0 aliphatic heterocycles. The van der Waals surface area contributed by atoms with Crippen LogP contribution >= 0.6 is 0 Å². The maximum atomic E-state index is 10.6. The van der Waals surface area contributed by atoms with Crippen LogP contribution in [0.1, 0.15) is 69.8 Å². The first kappa shape index (κ1) is 19.5. The van der Waals surface area contributed by atoms with Crippen LogP contribution in [0.5, 0.6) is 5.75 Å². The SMILES string of the molecule is CCCCCC1CCC(c2ccc(-c3ccc(OC(=O)O)cc3)cc2)CC1. The van der Waals surface area contributed by atoms with Crippen molar-refractivity contribution in [1.29, 1.82) is 0 Å². The summed E-state index contributed by atoms with van der Waals surface area (Å²) in [5.74, 6) is 1.99. The average molecular weight is 367 g/mol. The second kappa shape index (κ2) is 9.59. The van der Waals surface area contributed by atoms with E-state index in [4.69, 9.17) is 5.11 Å². The molecular weight excluding hydrogens is 336 g/mol. The van der Waals surface area contributed by atoms with Gasteiger partial charge in [0.05, 0.1) is 0 Å². The molecule has 0 radical (unpaired) electrons. The van der Waals surface area contributed by atoms with E-state index in [1.54, 1.807) is 12.1 Å². The van der Waals surface area contributed by atoms with Crippen LogP contribution in [0.15, 0.2) is 48.5 Å². The summed E-state index contributed by atoms with van der Waals surface area (Å²) in [6, 6.07) is 16.1. The summed E-state index contributed by atoms with van der Waals surface area (Å²) in [4.78, 5) is 10.6. The Morgan fingerprint density at radius 1 is 0.926 bits per heavy atom. The highest BCUT2D eigenvalue weighted by atomic mass is 16.7. The van der Waals surface area contributed by atoms with Crippen molar-refractivity contribution < 1.29 is 14.6 Å². The van der Waals surface area contributed by atoms with Crippen molar-refractivity contribution in [2.75, 3.05) is 0 Å². The molecule has 0 saturated heterocycles. The van der Waals surface area contributed by atoms with Crippen LogP contribution in [0.2, 0.25) is 0 Å². The molecule has 1 aliphatic carbocycles. The number of carboxylic acid groups (broad SMARTS) is 1. The van der Waals surface area contributed by atoms with Gasteiger partial charge in [-0.25, -0.2) is 4.79 Å². The topological polar surface area (TPSA) is 46.5 Å². The Morgan fingerprint density at radius 3 is 2.07 bits per heavy atom. The van der Waals surface area contributed by atoms with Crippen molar-refractivity contribution >= 4 is 6.16 Å². The third kappa shape index (κ3) is 5.59.